The Bertz CT molecular complexity index is 1320. The van der Waals surface area contributed by atoms with Gasteiger partial charge >= 0.3 is 0 Å². The lowest BCUT2D eigenvalue weighted by Gasteiger charge is -2.22. The van der Waals surface area contributed by atoms with E-state index in [1.807, 2.05) is 13.8 Å². The van der Waals surface area contributed by atoms with Crippen molar-refractivity contribution in [3.05, 3.63) is 106 Å². The minimum Gasteiger partial charge on any atom is -0.349 e. The average molecular weight is 530 g/mol. The van der Waals surface area contributed by atoms with E-state index in [2.05, 4.69) is 101 Å². The molecular weight excluding hydrogens is 490 g/mol. The van der Waals surface area contributed by atoms with E-state index in [0.717, 1.165) is 48.3 Å². The number of carbonyl (C=O) groups excluding carboxylic acids is 1. The van der Waals surface area contributed by atoms with Gasteiger partial charge in [0.15, 0.2) is 0 Å². The van der Waals surface area contributed by atoms with Gasteiger partial charge in [0.05, 0.1) is 0 Å². The summed E-state index contributed by atoms with van der Waals surface area (Å²) < 4.78 is 2.29. The van der Waals surface area contributed by atoms with Crippen LogP contribution in [0.5, 0.6) is 0 Å². The lowest BCUT2D eigenvalue weighted by atomic mass is 9.83. The zero-order chi connectivity index (χ0) is 25.9. The Balaban J connectivity index is 0.00000336. The van der Waals surface area contributed by atoms with Crippen molar-refractivity contribution in [2.24, 2.45) is 0 Å². The topological polar surface area (TPSA) is 37.3 Å². The van der Waals surface area contributed by atoms with Gasteiger partial charge in [-0.05, 0) is 70.8 Å². The lowest BCUT2D eigenvalue weighted by Crippen LogP contribution is -2.34. The number of hydrogen-bond acceptors (Lipinski definition) is 2. The summed E-state index contributed by atoms with van der Waals surface area (Å²) in [6, 6.07) is 26.2. The third kappa shape index (κ3) is 5.82. The Morgan fingerprint density at radius 3 is 1.92 bits per heavy atom. The van der Waals surface area contributed by atoms with Crippen molar-refractivity contribution in [2.45, 2.75) is 59.0 Å². The molecule has 1 aliphatic rings. The molecule has 1 fully saturated rings. The lowest BCUT2D eigenvalue weighted by molar-refractivity contribution is 0.0932. The van der Waals surface area contributed by atoms with E-state index < -0.39 is 0 Å². The predicted molar refractivity (Wildman–Crippen MR) is 161 cm³/mol. The van der Waals surface area contributed by atoms with Gasteiger partial charge in [-0.25, -0.2) is 0 Å². The summed E-state index contributed by atoms with van der Waals surface area (Å²) in [7, 11) is 0. The summed E-state index contributed by atoms with van der Waals surface area (Å²) in [6.07, 6.45) is 2.53. The fourth-order valence-corrected chi connectivity index (χ4v) is 5.72. The van der Waals surface area contributed by atoms with Gasteiger partial charge < -0.3 is 14.8 Å². The van der Waals surface area contributed by atoms with E-state index in [4.69, 9.17) is 0 Å². The molecule has 1 N–H and O–H groups in total. The molecule has 200 valence electrons. The van der Waals surface area contributed by atoms with Gasteiger partial charge in [0, 0.05) is 41.5 Å². The SMILES string of the molecule is Cc1ccc(C(c2ccc(C)cc2)c2c(C(=O)NC(C)C)n(CCN3CCCC3)c3ccccc23)cc1.Cl. The Morgan fingerprint density at radius 1 is 0.816 bits per heavy atom. The number of nitrogens with one attached hydrogen (secondary N) is 1. The van der Waals surface area contributed by atoms with E-state index in [1.165, 1.54) is 35.1 Å². The summed E-state index contributed by atoms with van der Waals surface area (Å²) in [6.45, 7) is 12.4. The Kier molecular flexibility index (Phi) is 8.96. The van der Waals surface area contributed by atoms with Gasteiger partial charge in [0.25, 0.3) is 5.91 Å². The second-order valence-corrected chi connectivity index (χ2v) is 10.9. The van der Waals surface area contributed by atoms with E-state index in [9.17, 15) is 4.79 Å². The molecule has 0 aliphatic carbocycles. The number of amides is 1. The van der Waals surface area contributed by atoms with Crippen molar-refractivity contribution in [2.75, 3.05) is 19.6 Å². The first kappa shape index (κ1) is 27.9. The highest BCUT2D eigenvalue weighted by Gasteiger charge is 2.30. The maximum Gasteiger partial charge on any atom is 0.268 e. The summed E-state index contributed by atoms with van der Waals surface area (Å²) >= 11 is 0. The molecule has 3 aromatic carbocycles. The number of hydrogen-bond donors (Lipinski definition) is 1. The average Bonchev–Trinajstić information content (AvgIpc) is 3.51. The largest absolute Gasteiger partial charge is 0.349 e. The van der Waals surface area contributed by atoms with Crippen molar-refractivity contribution in [1.29, 1.82) is 0 Å². The number of benzene rings is 3. The van der Waals surface area contributed by atoms with Gasteiger partial charge in [-0.3, -0.25) is 4.79 Å². The van der Waals surface area contributed by atoms with E-state index in [1.54, 1.807) is 0 Å². The second kappa shape index (κ2) is 12.2. The normalized spacial score (nSPS) is 13.8. The molecule has 1 aromatic heterocycles. The van der Waals surface area contributed by atoms with E-state index in [0.29, 0.717) is 0 Å². The van der Waals surface area contributed by atoms with Crippen molar-refractivity contribution in [3.8, 4) is 0 Å². The first-order valence-corrected chi connectivity index (χ1v) is 13.7. The van der Waals surface area contributed by atoms with Gasteiger partial charge in [-0.15, -0.1) is 12.4 Å². The Labute approximate surface area is 233 Å². The number of likely N-dealkylation sites (tertiary alicyclic amines) is 1. The smallest absolute Gasteiger partial charge is 0.268 e. The quantitative estimate of drug-likeness (QED) is 0.264. The predicted octanol–water partition coefficient (Wildman–Crippen LogP) is 7.09. The van der Waals surface area contributed by atoms with Crippen LogP contribution in [0.15, 0.2) is 72.8 Å². The zero-order valence-corrected chi connectivity index (χ0v) is 23.9. The molecule has 1 aliphatic heterocycles. The van der Waals surface area contributed by atoms with Crippen LogP contribution in [0.2, 0.25) is 0 Å². The third-order valence-electron chi connectivity index (χ3n) is 7.59. The molecule has 0 spiro atoms. The molecule has 5 heteroatoms. The number of halogens is 1. The first-order valence-electron chi connectivity index (χ1n) is 13.7. The highest BCUT2D eigenvalue weighted by atomic mass is 35.5. The number of para-hydroxylation sites is 1. The van der Waals surface area contributed by atoms with Gasteiger partial charge in [0.2, 0.25) is 0 Å². The van der Waals surface area contributed by atoms with Gasteiger partial charge in [-0.2, -0.15) is 0 Å². The van der Waals surface area contributed by atoms with Crippen molar-refractivity contribution >= 4 is 29.2 Å². The summed E-state index contributed by atoms with van der Waals surface area (Å²) in [5.74, 6) is -0.0427. The maximum atomic E-state index is 14.0. The summed E-state index contributed by atoms with van der Waals surface area (Å²) in [5, 5.41) is 4.39. The Hall–Kier alpha value is -3.08. The molecular formula is C33H40ClN3O. The van der Waals surface area contributed by atoms with Crippen LogP contribution in [0.1, 0.15) is 70.9 Å². The fraction of sp³-hybridized carbons (Fsp3) is 0.364. The standard InChI is InChI=1S/C33H39N3O.ClH/c1-23(2)34-33(37)32-31(28-9-5-6-10-29(28)36(32)22-21-35-19-7-8-20-35)30(26-15-11-24(3)12-16-26)27-17-13-25(4)14-18-27;/h5-6,9-18,23,30H,7-8,19-22H2,1-4H3,(H,34,37);1H. The number of fused-ring (bicyclic) bond motifs is 1. The van der Waals surface area contributed by atoms with Crippen molar-refractivity contribution in [1.82, 2.24) is 14.8 Å². The number of aromatic nitrogens is 1. The minimum atomic E-state index is -0.0490. The summed E-state index contributed by atoms with van der Waals surface area (Å²) in [4.78, 5) is 16.5. The van der Waals surface area contributed by atoms with Crippen molar-refractivity contribution < 1.29 is 4.79 Å². The fourth-order valence-electron chi connectivity index (χ4n) is 5.72. The van der Waals surface area contributed by atoms with Crippen LogP contribution in [0, 0.1) is 13.8 Å². The minimum absolute atomic E-state index is 0. The third-order valence-corrected chi connectivity index (χ3v) is 7.59. The highest BCUT2D eigenvalue weighted by Crippen LogP contribution is 2.40. The maximum absolute atomic E-state index is 14.0. The molecule has 0 unspecified atom stereocenters. The van der Waals surface area contributed by atoms with Crippen LogP contribution >= 0.6 is 12.4 Å². The molecule has 1 amide bonds. The van der Waals surface area contributed by atoms with Crippen LogP contribution in [0.3, 0.4) is 0 Å². The number of aryl methyl sites for hydroxylation is 2. The van der Waals surface area contributed by atoms with Crippen LogP contribution in [-0.2, 0) is 6.54 Å². The van der Waals surface area contributed by atoms with Crippen LogP contribution < -0.4 is 5.32 Å². The van der Waals surface area contributed by atoms with Gasteiger partial charge in [0.1, 0.15) is 5.69 Å². The van der Waals surface area contributed by atoms with Crippen LogP contribution in [0.4, 0.5) is 0 Å². The molecule has 4 aromatic rings. The van der Waals surface area contributed by atoms with Crippen LogP contribution in [-0.4, -0.2) is 41.1 Å². The Morgan fingerprint density at radius 2 is 1.37 bits per heavy atom. The van der Waals surface area contributed by atoms with E-state index in [-0.39, 0.29) is 30.3 Å². The van der Waals surface area contributed by atoms with E-state index >= 15 is 0 Å². The molecule has 0 bridgehead atoms. The molecule has 38 heavy (non-hydrogen) atoms. The molecule has 0 radical (unpaired) electrons. The molecule has 5 rings (SSSR count). The second-order valence-electron chi connectivity index (χ2n) is 10.9. The molecule has 2 heterocycles. The number of rotatable bonds is 8. The van der Waals surface area contributed by atoms with Crippen molar-refractivity contribution in [3.63, 3.8) is 0 Å². The molecule has 0 saturated carbocycles. The zero-order valence-electron chi connectivity index (χ0n) is 23.0. The van der Waals surface area contributed by atoms with Crippen LogP contribution in [0.25, 0.3) is 10.9 Å². The summed E-state index contributed by atoms with van der Waals surface area (Å²) in [5.41, 5.74) is 7.90. The van der Waals surface area contributed by atoms with Gasteiger partial charge in [-0.1, -0.05) is 77.9 Å². The molecule has 0 atom stereocenters. The molecule has 1 saturated heterocycles. The first-order chi connectivity index (χ1) is 17.9. The monoisotopic (exact) mass is 529 g/mol. The highest BCUT2D eigenvalue weighted by molar-refractivity contribution is 6.03. The molecule has 4 nitrogen and oxygen atoms in total. The number of nitrogens with zero attached hydrogens (tertiary/aromatic N) is 2. The number of carbonyl (C=O) groups is 1.